The lowest BCUT2D eigenvalue weighted by atomic mass is 9.90. The van der Waals surface area contributed by atoms with E-state index in [1.807, 2.05) is 13.0 Å². The van der Waals surface area contributed by atoms with Crippen LogP contribution >= 0.6 is 0 Å². The van der Waals surface area contributed by atoms with E-state index in [4.69, 9.17) is 10.5 Å². The normalized spacial score (nSPS) is 20.7. The van der Waals surface area contributed by atoms with E-state index in [9.17, 15) is 4.39 Å². The van der Waals surface area contributed by atoms with E-state index >= 15 is 0 Å². The van der Waals surface area contributed by atoms with E-state index in [0.717, 1.165) is 23.8 Å². The highest BCUT2D eigenvalue weighted by Gasteiger charge is 2.46. The quantitative estimate of drug-likeness (QED) is 0.598. The molecule has 1 aromatic carbocycles. The van der Waals surface area contributed by atoms with Crippen molar-refractivity contribution in [3.8, 4) is 0 Å². The fourth-order valence-corrected chi connectivity index (χ4v) is 3.80. The lowest BCUT2D eigenvalue weighted by molar-refractivity contribution is -0.106. The summed E-state index contributed by atoms with van der Waals surface area (Å²) in [6, 6.07) is 2.35. The number of rotatable bonds is 4. The van der Waals surface area contributed by atoms with Crippen LogP contribution in [-0.4, -0.2) is 19.0 Å². The number of hydrogen-bond donors (Lipinski definition) is 2. The van der Waals surface area contributed by atoms with Gasteiger partial charge in [0.2, 0.25) is 0 Å². The number of halogens is 1. The largest absolute Gasteiger partial charge is 0.402 e. The first-order valence-electron chi connectivity index (χ1n) is 11.1. The maximum atomic E-state index is 12.1. The van der Waals surface area contributed by atoms with Crippen molar-refractivity contribution < 1.29 is 9.18 Å². The summed E-state index contributed by atoms with van der Waals surface area (Å²) in [6.45, 7) is 12.7. The summed E-state index contributed by atoms with van der Waals surface area (Å²) in [5, 5.41) is 0. The van der Waals surface area contributed by atoms with Crippen molar-refractivity contribution in [1.29, 1.82) is 0 Å². The first-order chi connectivity index (χ1) is 14.2. The molecule has 0 radical (unpaired) electrons. The Morgan fingerprint density at radius 3 is 2.30 bits per heavy atom. The second-order valence-corrected chi connectivity index (χ2v) is 8.81. The molecule has 2 atom stereocenters. The molecule has 2 saturated carbocycles. The maximum Gasteiger partial charge on any atom is 0.116 e. The Bertz CT molecular complexity index is 757. The number of nitrogens with two attached hydrogens (primary N) is 2. The highest BCUT2D eigenvalue weighted by atomic mass is 19.1. The Morgan fingerprint density at radius 2 is 1.87 bits per heavy atom. The summed E-state index contributed by atoms with van der Waals surface area (Å²) in [4.78, 5) is 8.81. The minimum Gasteiger partial charge on any atom is -0.402 e. The predicted molar refractivity (Wildman–Crippen MR) is 128 cm³/mol. The van der Waals surface area contributed by atoms with Gasteiger partial charge in [-0.1, -0.05) is 25.6 Å². The van der Waals surface area contributed by atoms with Gasteiger partial charge in [-0.15, -0.1) is 0 Å². The van der Waals surface area contributed by atoms with E-state index in [-0.39, 0.29) is 0 Å². The highest BCUT2D eigenvalue weighted by molar-refractivity contribution is 5.72. The minimum absolute atomic E-state index is 0.604. The zero-order chi connectivity index (χ0) is 23.1. The van der Waals surface area contributed by atoms with Gasteiger partial charge in [-0.05, 0) is 118 Å². The van der Waals surface area contributed by atoms with E-state index in [2.05, 4.69) is 31.4 Å². The van der Waals surface area contributed by atoms with Crippen LogP contribution in [0.4, 0.5) is 4.39 Å². The van der Waals surface area contributed by atoms with Gasteiger partial charge in [0.1, 0.15) is 12.0 Å². The van der Waals surface area contributed by atoms with Crippen LogP contribution in [0, 0.1) is 18.8 Å². The second kappa shape index (κ2) is 11.5. The lowest BCUT2D eigenvalue weighted by Gasteiger charge is -2.15. The molecule has 1 aromatic rings. The van der Waals surface area contributed by atoms with Crippen LogP contribution in [0.15, 0.2) is 18.3 Å². The van der Waals surface area contributed by atoms with Crippen molar-refractivity contribution >= 4 is 18.4 Å². The van der Waals surface area contributed by atoms with Crippen LogP contribution in [0.3, 0.4) is 0 Å². The number of alkyl halides is 1. The van der Waals surface area contributed by atoms with E-state index in [0.29, 0.717) is 12.3 Å². The first-order valence-corrected chi connectivity index (χ1v) is 11.1. The van der Waals surface area contributed by atoms with Crippen LogP contribution in [0.2, 0.25) is 0 Å². The molecule has 0 spiro atoms. The first kappa shape index (κ1) is 26.1. The molecular weight excluding hydrogens is 375 g/mol. The topological polar surface area (TPSA) is 69.1 Å². The number of fused-ring (bicyclic) bond motifs is 3. The Labute approximate surface area is 182 Å². The zero-order valence-corrected chi connectivity index (χ0v) is 19.7. The summed E-state index contributed by atoms with van der Waals surface area (Å²) >= 11 is 0. The number of allylic oxidation sites excluding steroid dienone is 1. The third kappa shape index (κ3) is 7.09. The van der Waals surface area contributed by atoms with Crippen LogP contribution in [0.5, 0.6) is 0 Å². The fraction of sp³-hybridized carbons (Fsp3) is 0.577. The van der Waals surface area contributed by atoms with Crippen LogP contribution in [-0.2, 0) is 11.2 Å². The molecule has 4 N–H and O–H groups in total. The number of aldehydes is 1. The lowest BCUT2D eigenvalue weighted by Crippen LogP contribution is -2.07. The van der Waals surface area contributed by atoms with E-state index in [1.165, 1.54) is 56.3 Å². The zero-order valence-electron chi connectivity index (χ0n) is 19.7. The number of carbonyl (C=O) groups excluding carboxylic acids is 1. The SMILES string of the molecule is C=Cc1cc2c(c(C)c1/C=C(\N)C1CC1)C1CC1C2.CC=O.CCC(C)(C)F.CN. The molecule has 0 amide bonds. The molecular formula is C26H41FN2O. The molecule has 30 heavy (non-hydrogen) atoms. The summed E-state index contributed by atoms with van der Waals surface area (Å²) in [5.41, 5.74) is 18.1. The summed E-state index contributed by atoms with van der Waals surface area (Å²) in [5.74, 6) is 2.42. The van der Waals surface area contributed by atoms with Gasteiger partial charge in [0.25, 0.3) is 0 Å². The van der Waals surface area contributed by atoms with Crippen molar-refractivity contribution in [2.24, 2.45) is 23.3 Å². The monoisotopic (exact) mass is 416 g/mol. The molecule has 0 aromatic heterocycles. The average molecular weight is 417 g/mol. The Balaban J connectivity index is 0.000000348. The van der Waals surface area contributed by atoms with E-state index < -0.39 is 5.67 Å². The van der Waals surface area contributed by atoms with Crippen LogP contribution in [0.1, 0.15) is 87.1 Å². The van der Waals surface area contributed by atoms with Gasteiger partial charge < -0.3 is 16.3 Å². The van der Waals surface area contributed by atoms with Gasteiger partial charge in [0, 0.05) is 5.70 Å². The standard InChI is InChI=1S/C18H21N.C5H11F.C2H4O.CH5N/c1-3-11-6-14-7-13-8-16(13)18(14)10(2)15(11)9-17(19)12-4-5-12;1-4-5(2,3)6;1-2-3;1-2/h3,6,9,12-13,16H,1,4-5,7-8,19H2,2H3;4H2,1-3H3;2H,1H3;2H2,1H3/b17-9-;;;. The van der Waals surface area contributed by atoms with Gasteiger partial charge in [0.15, 0.2) is 0 Å². The summed E-state index contributed by atoms with van der Waals surface area (Å²) < 4.78 is 12.1. The van der Waals surface area contributed by atoms with Gasteiger partial charge in [-0.2, -0.15) is 0 Å². The molecule has 4 rings (SSSR count). The maximum absolute atomic E-state index is 12.1. The van der Waals surface area contributed by atoms with Crippen LogP contribution < -0.4 is 11.5 Å². The van der Waals surface area contributed by atoms with Crippen LogP contribution in [0.25, 0.3) is 12.2 Å². The molecule has 0 bridgehead atoms. The minimum atomic E-state index is -0.958. The smallest absolute Gasteiger partial charge is 0.116 e. The summed E-state index contributed by atoms with van der Waals surface area (Å²) in [6.07, 6.45) is 10.8. The summed E-state index contributed by atoms with van der Waals surface area (Å²) in [7, 11) is 1.50. The molecule has 0 heterocycles. The van der Waals surface area contributed by atoms with Crippen molar-refractivity contribution in [1.82, 2.24) is 0 Å². The molecule has 3 nitrogen and oxygen atoms in total. The molecule has 0 aliphatic heterocycles. The number of benzene rings is 1. The third-order valence-corrected chi connectivity index (χ3v) is 5.99. The molecule has 3 aliphatic carbocycles. The number of carbonyl (C=O) groups is 1. The van der Waals surface area contributed by atoms with Gasteiger partial charge in [-0.25, -0.2) is 4.39 Å². The molecule has 3 aliphatic rings. The van der Waals surface area contributed by atoms with Crippen molar-refractivity contribution in [3.63, 3.8) is 0 Å². The molecule has 168 valence electrons. The highest BCUT2D eigenvalue weighted by Crippen LogP contribution is 2.58. The van der Waals surface area contributed by atoms with E-state index in [1.54, 1.807) is 25.0 Å². The molecule has 2 fully saturated rings. The fourth-order valence-electron chi connectivity index (χ4n) is 3.80. The van der Waals surface area contributed by atoms with Gasteiger partial charge in [0.05, 0.1) is 0 Å². The Hall–Kier alpha value is -1.94. The number of hydrogen-bond acceptors (Lipinski definition) is 3. The average Bonchev–Trinajstić information content (AvgIpc) is 3.63. The molecule has 4 heteroatoms. The predicted octanol–water partition coefficient (Wildman–Crippen LogP) is 5.93. The van der Waals surface area contributed by atoms with Crippen molar-refractivity contribution in [2.75, 3.05) is 7.05 Å². The molecule has 0 saturated heterocycles. The molecule has 2 unspecified atom stereocenters. The van der Waals surface area contributed by atoms with Crippen molar-refractivity contribution in [3.05, 3.63) is 46.2 Å². The van der Waals surface area contributed by atoms with Crippen molar-refractivity contribution in [2.45, 2.75) is 78.3 Å². The second-order valence-electron chi connectivity index (χ2n) is 8.81. The van der Waals surface area contributed by atoms with Gasteiger partial charge >= 0.3 is 0 Å². The third-order valence-electron chi connectivity index (χ3n) is 5.99. The Morgan fingerprint density at radius 1 is 1.33 bits per heavy atom. The Kier molecular flexibility index (Phi) is 9.96. The van der Waals surface area contributed by atoms with Gasteiger partial charge in [-0.3, -0.25) is 0 Å².